The molecule has 1 aliphatic rings. The van der Waals surface area contributed by atoms with Gasteiger partial charge in [0.05, 0.1) is 29.0 Å². The number of methoxy groups -OCH3 is 1. The fraction of sp³-hybridized carbons (Fsp3) is 0.136. The van der Waals surface area contributed by atoms with Crippen molar-refractivity contribution in [1.29, 1.82) is 0 Å². The van der Waals surface area contributed by atoms with Crippen LogP contribution in [-0.2, 0) is 9.53 Å². The third-order valence-corrected chi connectivity index (χ3v) is 6.13. The predicted molar refractivity (Wildman–Crippen MR) is 114 cm³/mol. The van der Waals surface area contributed by atoms with E-state index in [1.165, 1.54) is 35.1 Å². The zero-order valence-corrected chi connectivity index (χ0v) is 17.6. The molecule has 2 aromatic carbocycles. The van der Waals surface area contributed by atoms with Crippen LogP contribution in [0.2, 0.25) is 5.02 Å². The van der Waals surface area contributed by atoms with Gasteiger partial charge in [-0.3, -0.25) is 9.36 Å². The molecule has 0 saturated heterocycles. The molecule has 8 heteroatoms. The first-order valence-corrected chi connectivity index (χ1v) is 10.2. The normalized spacial score (nSPS) is 16.3. The molecule has 3 aromatic rings. The first-order chi connectivity index (χ1) is 14.4. The molecule has 0 amide bonds. The van der Waals surface area contributed by atoms with Crippen LogP contribution in [0.25, 0.3) is 6.08 Å². The predicted octanol–water partition coefficient (Wildman–Crippen LogP) is 3.20. The summed E-state index contributed by atoms with van der Waals surface area (Å²) < 4.78 is 20.3. The van der Waals surface area contributed by atoms with Crippen molar-refractivity contribution in [3.63, 3.8) is 0 Å². The smallest absolute Gasteiger partial charge is 0.338 e. The number of benzene rings is 2. The Kier molecular flexibility index (Phi) is 5.40. The van der Waals surface area contributed by atoms with Gasteiger partial charge in [-0.05, 0) is 42.3 Å². The summed E-state index contributed by atoms with van der Waals surface area (Å²) in [6.07, 6.45) is 1.70. The van der Waals surface area contributed by atoms with E-state index < -0.39 is 17.8 Å². The number of hydrogen-bond donors (Lipinski definition) is 0. The number of rotatable bonds is 3. The van der Waals surface area contributed by atoms with Crippen LogP contribution in [0.1, 0.15) is 24.1 Å². The molecule has 1 aliphatic heterocycles. The topological polar surface area (TPSA) is 60.7 Å². The van der Waals surface area contributed by atoms with Gasteiger partial charge in [0.25, 0.3) is 5.56 Å². The Morgan fingerprint density at radius 2 is 1.93 bits per heavy atom. The van der Waals surface area contributed by atoms with Crippen molar-refractivity contribution >= 4 is 35.0 Å². The summed E-state index contributed by atoms with van der Waals surface area (Å²) in [5.74, 6) is -1.00. The van der Waals surface area contributed by atoms with E-state index >= 15 is 0 Å². The van der Waals surface area contributed by atoms with Gasteiger partial charge in [-0.25, -0.2) is 14.2 Å². The van der Waals surface area contributed by atoms with E-state index in [0.717, 1.165) is 0 Å². The van der Waals surface area contributed by atoms with Gasteiger partial charge in [0.1, 0.15) is 5.82 Å². The zero-order chi connectivity index (χ0) is 21.4. The van der Waals surface area contributed by atoms with E-state index in [-0.39, 0.29) is 11.1 Å². The molecular formula is C22H16ClFN2O3S. The molecule has 0 aliphatic carbocycles. The molecule has 1 unspecified atom stereocenters. The first-order valence-electron chi connectivity index (χ1n) is 9.01. The highest BCUT2D eigenvalue weighted by Gasteiger charge is 2.33. The fourth-order valence-corrected chi connectivity index (χ4v) is 4.61. The van der Waals surface area contributed by atoms with Gasteiger partial charge in [-0.15, -0.1) is 0 Å². The molecular weight excluding hydrogens is 427 g/mol. The quantitative estimate of drug-likeness (QED) is 0.585. The standard InChI is InChI=1S/C22H16ClFN2O3S/c1-12-18(21(28)29-2)19(13-7-9-15(24)10-8-13)26-20(27)17(30-22(26)25-12)11-14-5-3-4-6-16(14)23/h3-11,19H,1-2H3. The average Bonchev–Trinajstić information content (AvgIpc) is 3.03. The zero-order valence-electron chi connectivity index (χ0n) is 16.1. The Balaban J connectivity index is 1.99. The third-order valence-electron chi connectivity index (χ3n) is 4.80. The molecule has 0 saturated carbocycles. The minimum atomic E-state index is -0.775. The lowest BCUT2D eigenvalue weighted by Gasteiger charge is -2.24. The number of allylic oxidation sites excluding steroid dienone is 1. The number of esters is 1. The monoisotopic (exact) mass is 442 g/mol. The maximum Gasteiger partial charge on any atom is 0.338 e. The van der Waals surface area contributed by atoms with Crippen molar-refractivity contribution in [3.8, 4) is 0 Å². The summed E-state index contributed by atoms with van der Waals surface area (Å²) in [4.78, 5) is 30.8. The van der Waals surface area contributed by atoms with E-state index in [2.05, 4.69) is 4.99 Å². The number of carbonyl (C=O) groups is 1. The molecule has 4 rings (SSSR count). The average molecular weight is 443 g/mol. The Bertz CT molecular complexity index is 1360. The second kappa shape index (κ2) is 8.01. The highest BCUT2D eigenvalue weighted by Crippen LogP contribution is 2.30. The SMILES string of the molecule is COC(=O)C1=C(C)N=c2sc(=Cc3ccccc3Cl)c(=O)n2C1c1ccc(F)cc1. The van der Waals surface area contributed by atoms with Crippen LogP contribution in [0.15, 0.2) is 69.6 Å². The lowest BCUT2D eigenvalue weighted by Crippen LogP contribution is -2.39. The number of aromatic nitrogens is 1. The Morgan fingerprint density at radius 1 is 1.23 bits per heavy atom. The van der Waals surface area contributed by atoms with Gasteiger partial charge in [0, 0.05) is 5.02 Å². The largest absolute Gasteiger partial charge is 0.466 e. The third kappa shape index (κ3) is 3.51. The first kappa shape index (κ1) is 20.3. The van der Waals surface area contributed by atoms with Gasteiger partial charge in [0.15, 0.2) is 4.80 Å². The van der Waals surface area contributed by atoms with Crippen LogP contribution in [0, 0.1) is 5.82 Å². The molecule has 1 aromatic heterocycles. The fourth-order valence-electron chi connectivity index (χ4n) is 3.39. The van der Waals surface area contributed by atoms with Crippen molar-refractivity contribution in [3.05, 3.63) is 101 Å². The van der Waals surface area contributed by atoms with Crippen molar-refractivity contribution < 1.29 is 13.9 Å². The van der Waals surface area contributed by atoms with Crippen LogP contribution in [-0.4, -0.2) is 17.6 Å². The van der Waals surface area contributed by atoms with E-state index in [1.54, 1.807) is 31.2 Å². The van der Waals surface area contributed by atoms with E-state index in [1.807, 2.05) is 18.2 Å². The van der Waals surface area contributed by atoms with Crippen molar-refractivity contribution in [2.45, 2.75) is 13.0 Å². The Labute approximate surface area is 180 Å². The number of ether oxygens (including phenoxy) is 1. The number of thiazole rings is 1. The minimum Gasteiger partial charge on any atom is -0.466 e. The summed E-state index contributed by atoms with van der Waals surface area (Å²) >= 11 is 7.44. The minimum absolute atomic E-state index is 0.237. The lowest BCUT2D eigenvalue weighted by atomic mass is 9.96. The highest BCUT2D eigenvalue weighted by atomic mass is 35.5. The number of carbonyl (C=O) groups excluding carboxylic acids is 1. The molecule has 152 valence electrons. The van der Waals surface area contributed by atoms with Crippen LogP contribution in [0.5, 0.6) is 0 Å². The van der Waals surface area contributed by atoms with Crippen LogP contribution < -0.4 is 14.9 Å². The lowest BCUT2D eigenvalue weighted by molar-refractivity contribution is -0.136. The Hall–Kier alpha value is -3.03. The number of nitrogens with zero attached hydrogens (tertiary/aromatic N) is 2. The summed E-state index contributed by atoms with van der Waals surface area (Å²) in [5, 5.41) is 0.518. The highest BCUT2D eigenvalue weighted by molar-refractivity contribution is 7.07. The second-order valence-electron chi connectivity index (χ2n) is 6.65. The van der Waals surface area contributed by atoms with Crippen molar-refractivity contribution in [2.75, 3.05) is 7.11 Å². The van der Waals surface area contributed by atoms with E-state index in [0.29, 0.717) is 31.2 Å². The van der Waals surface area contributed by atoms with Crippen molar-refractivity contribution in [2.24, 2.45) is 4.99 Å². The summed E-state index contributed by atoms with van der Waals surface area (Å²) in [6, 6.07) is 12.1. The number of hydrogen-bond acceptors (Lipinski definition) is 5. The van der Waals surface area contributed by atoms with Gasteiger partial charge >= 0.3 is 5.97 Å². The molecule has 0 N–H and O–H groups in total. The van der Waals surface area contributed by atoms with E-state index in [9.17, 15) is 14.0 Å². The molecule has 0 radical (unpaired) electrons. The van der Waals surface area contributed by atoms with Crippen LogP contribution in [0.3, 0.4) is 0 Å². The maximum atomic E-state index is 13.5. The Morgan fingerprint density at radius 3 is 2.60 bits per heavy atom. The molecule has 0 spiro atoms. The molecule has 0 fully saturated rings. The van der Waals surface area contributed by atoms with Gasteiger partial charge in [-0.1, -0.05) is 53.3 Å². The van der Waals surface area contributed by atoms with Gasteiger partial charge < -0.3 is 4.74 Å². The van der Waals surface area contributed by atoms with Crippen LogP contribution >= 0.6 is 22.9 Å². The second-order valence-corrected chi connectivity index (χ2v) is 8.06. The number of fused-ring (bicyclic) bond motifs is 1. The molecule has 2 heterocycles. The summed E-state index contributed by atoms with van der Waals surface area (Å²) in [7, 11) is 1.27. The van der Waals surface area contributed by atoms with Crippen molar-refractivity contribution in [1.82, 2.24) is 4.57 Å². The van der Waals surface area contributed by atoms with Crippen LogP contribution in [0.4, 0.5) is 4.39 Å². The maximum absolute atomic E-state index is 13.5. The molecule has 0 bridgehead atoms. The van der Waals surface area contributed by atoms with E-state index in [4.69, 9.17) is 16.3 Å². The summed E-state index contributed by atoms with van der Waals surface area (Å²) in [5.41, 5.74) is 1.65. The van der Waals surface area contributed by atoms with Gasteiger partial charge in [0.2, 0.25) is 0 Å². The van der Waals surface area contributed by atoms with Gasteiger partial charge in [-0.2, -0.15) is 0 Å². The summed E-state index contributed by atoms with van der Waals surface area (Å²) in [6.45, 7) is 1.69. The number of halogens is 2. The molecule has 1 atom stereocenters. The molecule has 30 heavy (non-hydrogen) atoms. The molecule has 5 nitrogen and oxygen atoms in total.